The fourth-order valence-corrected chi connectivity index (χ4v) is 1.43. The maximum Gasteiger partial charge on any atom is 0.0594 e. The molecule has 0 heterocycles. The van der Waals surface area contributed by atoms with Gasteiger partial charge in [0.15, 0.2) is 0 Å². The number of hydrogen-bond donors (Lipinski definition) is 1. The summed E-state index contributed by atoms with van der Waals surface area (Å²) >= 11 is 0. The molecular weight excluding hydrogens is 172 g/mol. The summed E-state index contributed by atoms with van der Waals surface area (Å²) in [6, 6.07) is 6.29. The van der Waals surface area contributed by atoms with Crippen molar-refractivity contribution >= 4 is 11.4 Å². The molecule has 1 aromatic rings. The molecule has 0 amide bonds. The standard InChI is InChI=1S/C12H20N2/c1-12(2,3)9-6-7-11(14(4)5)10(13)8-9/h6-8H,13H2,1-5H3. The topological polar surface area (TPSA) is 29.3 Å². The van der Waals surface area contributed by atoms with Crippen LogP contribution in [0.3, 0.4) is 0 Å². The van der Waals surface area contributed by atoms with Crippen LogP contribution in [-0.4, -0.2) is 14.1 Å². The first kappa shape index (κ1) is 10.9. The molecule has 0 saturated heterocycles. The SMILES string of the molecule is CN(C)c1ccc(C(C)(C)C)cc1N. The van der Waals surface area contributed by atoms with Gasteiger partial charge in [0.1, 0.15) is 0 Å². The van der Waals surface area contributed by atoms with Crippen LogP contribution in [-0.2, 0) is 5.41 Å². The average molecular weight is 192 g/mol. The number of anilines is 2. The van der Waals surface area contributed by atoms with Crippen molar-refractivity contribution in [2.24, 2.45) is 0 Å². The van der Waals surface area contributed by atoms with Crippen LogP contribution in [0.1, 0.15) is 26.3 Å². The molecular formula is C12H20N2. The van der Waals surface area contributed by atoms with Crippen LogP contribution in [0, 0.1) is 0 Å². The first-order valence-corrected chi connectivity index (χ1v) is 4.89. The Hall–Kier alpha value is -1.18. The number of benzene rings is 1. The van der Waals surface area contributed by atoms with Gasteiger partial charge in [-0.05, 0) is 23.1 Å². The predicted octanol–water partition coefficient (Wildman–Crippen LogP) is 2.63. The lowest BCUT2D eigenvalue weighted by Gasteiger charge is -2.22. The Bertz CT molecular complexity index is 322. The van der Waals surface area contributed by atoms with Crippen molar-refractivity contribution < 1.29 is 0 Å². The van der Waals surface area contributed by atoms with Crippen LogP contribution in [0.15, 0.2) is 18.2 Å². The lowest BCUT2D eigenvalue weighted by molar-refractivity contribution is 0.590. The molecule has 78 valence electrons. The highest BCUT2D eigenvalue weighted by molar-refractivity contribution is 5.68. The number of hydrogen-bond acceptors (Lipinski definition) is 2. The maximum atomic E-state index is 5.98. The molecule has 0 aliphatic rings. The van der Waals surface area contributed by atoms with Crippen molar-refractivity contribution in [3.63, 3.8) is 0 Å². The van der Waals surface area contributed by atoms with E-state index in [0.29, 0.717) is 0 Å². The first-order valence-electron chi connectivity index (χ1n) is 4.89. The maximum absolute atomic E-state index is 5.98. The second-order valence-electron chi connectivity index (χ2n) is 4.92. The molecule has 0 aliphatic heterocycles. The zero-order valence-electron chi connectivity index (χ0n) is 9.76. The third-order valence-corrected chi connectivity index (χ3v) is 2.38. The summed E-state index contributed by atoms with van der Waals surface area (Å²) in [6.45, 7) is 6.57. The van der Waals surface area contributed by atoms with E-state index in [1.54, 1.807) is 0 Å². The van der Waals surface area contributed by atoms with E-state index in [2.05, 4.69) is 39.0 Å². The number of nitrogen functional groups attached to an aromatic ring is 1. The minimum Gasteiger partial charge on any atom is -0.397 e. The molecule has 0 saturated carbocycles. The number of nitrogens with two attached hydrogens (primary N) is 1. The Morgan fingerprint density at radius 2 is 1.71 bits per heavy atom. The van der Waals surface area contributed by atoms with Gasteiger partial charge < -0.3 is 10.6 Å². The number of rotatable bonds is 1. The molecule has 2 heteroatoms. The molecule has 14 heavy (non-hydrogen) atoms. The smallest absolute Gasteiger partial charge is 0.0594 e. The third kappa shape index (κ3) is 2.19. The summed E-state index contributed by atoms with van der Waals surface area (Å²) < 4.78 is 0. The average Bonchev–Trinajstić information content (AvgIpc) is 2.01. The molecule has 0 fully saturated rings. The largest absolute Gasteiger partial charge is 0.397 e. The van der Waals surface area contributed by atoms with Gasteiger partial charge in [0, 0.05) is 14.1 Å². The van der Waals surface area contributed by atoms with E-state index in [9.17, 15) is 0 Å². The highest BCUT2D eigenvalue weighted by Crippen LogP contribution is 2.29. The van der Waals surface area contributed by atoms with Crippen molar-refractivity contribution in [3.05, 3.63) is 23.8 Å². The fourth-order valence-electron chi connectivity index (χ4n) is 1.43. The Morgan fingerprint density at radius 3 is 2.07 bits per heavy atom. The van der Waals surface area contributed by atoms with Crippen molar-refractivity contribution in [3.8, 4) is 0 Å². The van der Waals surface area contributed by atoms with Crippen LogP contribution < -0.4 is 10.6 Å². The monoisotopic (exact) mass is 192 g/mol. The molecule has 2 N–H and O–H groups in total. The van der Waals surface area contributed by atoms with Gasteiger partial charge in [-0.1, -0.05) is 26.8 Å². The van der Waals surface area contributed by atoms with Crippen molar-refractivity contribution in [2.45, 2.75) is 26.2 Å². The van der Waals surface area contributed by atoms with E-state index < -0.39 is 0 Å². The number of nitrogens with zero attached hydrogens (tertiary/aromatic N) is 1. The van der Waals surface area contributed by atoms with E-state index in [1.165, 1.54) is 5.56 Å². The zero-order chi connectivity index (χ0) is 10.9. The van der Waals surface area contributed by atoms with Crippen LogP contribution in [0.4, 0.5) is 11.4 Å². The van der Waals surface area contributed by atoms with E-state index in [1.807, 2.05) is 19.0 Å². The molecule has 1 aromatic carbocycles. The molecule has 0 radical (unpaired) electrons. The molecule has 0 unspecified atom stereocenters. The molecule has 0 atom stereocenters. The minimum atomic E-state index is 0.166. The normalized spacial score (nSPS) is 11.5. The van der Waals surface area contributed by atoms with E-state index >= 15 is 0 Å². The lowest BCUT2D eigenvalue weighted by atomic mass is 9.86. The lowest BCUT2D eigenvalue weighted by Crippen LogP contribution is -2.14. The summed E-state index contributed by atoms with van der Waals surface area (Å²) in [7, 11) is 4.00. The molecule has 2 nitrogen and oxygen atoms in total. The zero-order valence-corrected chi connectivity index (χ0v) is 9.76. The molecule has 1 rings (SSSR count). The highest BCUT2D eigenvalue weighted by atomic mass is 15.1. The van der Waals surface area contributed by atoms with Crippen LogP contribution in [0.25, 0.3) is 0 Å². The van der Waals surface area contributed by atoms with Crippen molar-refractivity contribution in [2.75, 3.05) is 24.7 Å². The summed E-state index contributed by atoms with van der Waals surface area (Å²) in [6.07, 6.45) is 0. The Kier molecular flexibility index (Phi) is 2.74. The first-order chi connectivity index (χ1) is 6.32. The van der Waals surface area contributed by atoms with Gasteiger partial charge in [0.25, 0.3) is 0 Å². The van der Waals surface area contributed by atoms with E-state index in [0.717, 1.165) is 11.4 Å². The molecule has 0 aromatic heterocycles. The van der Waals surface area contributed by atoms with Crippen molar-refractivity contribution in [1.29, 1.82) is 0 Å². The van der Waals surface area contributed by atoms with E-state index in [4.69, 9.17) is 5.73 Å². The second kappa shape index (κ2) is 3.52. The summed E-state index contributed by atoms with van der Waals surface area (Å²) in [5, 5.41) is 0. The van der Waals surface area contributed by atoms with Gasteiger partial charge in [-0.3, -0.25) is 0 Å². The van der Waals surface area contributed by atoms with Gasteiger partial charge in [-0.15, -0.1) is 0 Å². The highest BCUT2D eigenvalue weighted by Gasteiger charge is 2.14. The third-order valence-electron chi connectivity index (χ3n) is 2.38. The predicted molar refractivity (Wildman–Crippen MR) is 63.9 cm³/mol. The van der Waals surface area contributed by atoms with Crippen LogP contribution in [0.2, 0.25) is 0 Å². The van der Waals surface area contributed by atoms with Gasteiger partial charge >= 0.3 is 0 Å². The van der Waals surface area contributed by atoms with E-state index in [-0.39, 0.29) is 5.41 Å². The van der Waals surface area contributed by atoms with Gasteiger partial charge in [-0.25, -0.2) is 0 Å². The van der Waals surface area contributed by atoms with Crippen LogP contribution >= 0.6 is 0 Å². The fraction of sp³-hybridized carbons (Fsp3) is 0.500. The molecule has 0 bridgehead atoms. The molecule has 0 aliphatic carbocycles. The van der Waals surface area contributed by atoms with Gasteiger partial charge in [-0.2, -0.15) is 0 Å². The van der Waals surface area contributed by atoms with Gasteiger partial charge in [0.2, 0.25) is 0 Å². The van der Waals surface area contributed by atoms with Gasteiger partial charge in [0.05, 0.1) is 11.4 Å². The Balaban J connectivity index is 3.13. The van der Waals surface area contributed by atoms with Crippen molar-refractivity contribution in [1.82, 2.24) is 0 Å². The minimum absolute atomic E-state index is 0.166. The summed E-state index contributed by atoms with van der Waals surface area (Å²) in [5.74, 6) is 0. The van der Waals surface area contributed by atoms with Crippen LogP contribution in [0.5, 0.6) is 0 Å². The molecule has 0 spiro atoms. The Morgan fingerprint density at radius 1 is 1.14 bits per heavy atom. The summed E-state index contributed by atoms with van der Waals surface area (Å²) in [4.78, 5) is 2.03. The Labute approximate surface area is 86.7 Å². The second-order valence-corrected chi connectivity index (χ2v) is 4.92. The summed E-state index contributed by atoms with van der Waals surface area (Å²) in [5.41, 5.74) is 9.35. The quantitative estimate of drug-likeness (QED) is 0.693.